The summed E-state index contributed by atoms with van der Waals surface area (Å²) < 4.78 is 11.0. The molecule has 102 valence electrons. The van der Waals surface area contributed by atoms with E-state index in [0.29, 0.717) is 19.7 Å². The standard InChI is InChI=1S/C14H18N2O3/c15-8-11-4-1-2-5-12(11)16-9-14(19-13(16)17)6-3-7-18-10-14/h1-2,4-5H,3,6-10,15H2. The maximum atomic E-state index is 12.1. The van der Waals surface area contributed by atoms with E-state index in [9.17, 15) is 4.79 Å². The highest BCUT2D eigenvalue weighted by atomic mass is 16.6. The first-order chi connectivity index (χ1) is 9.24. The second-order valence-corrected chi connectivity index (χ2v) is 5.13. The minimum Gasteiger partial charge on any atom is -0.438 e. The quantitative estimate of drug-likeness (QED) is 0.880. The SMILES string of the molecule is NCc1ccccc1N1CC2(CCCOC2)OC1=O. The minimum atomic E-state index is -0.475. The lowest BCUT2D eigenvalue weighted by atomic mass is 9.96. The van der Waals surface area contributed by atoms with Crippen LogP contribution >= 0.6 is 0 Å². The maximum Gasteiger partial charge on any atom is 0.415 e. The van der Waals surface area contributed by atoms with E-state index in [1.165, 1.54) is 0 Å². The fraction of sp³-hybridized carbons (Fsp3) is 0.500. The van der Waals surface area contributed by atoms with Crippen LogP contribution in [0.1, 0.15) is 18.4 Å². The number of hydrogen-bond acceptors (Lipinski definition) is 4. The number of para-hydroxylation sites is 1. The van der Waals surface area contributed by atoms with Crippen molar-refractivity contribution in [2.45, 2.75) is 25.0 Å². The zero-order valence-corrected chi connectivity index (χ0v) is 10.8. The molecule has 5 heteroatoms. The van der Waals surface area contributed by atoms with Crippen molar-refractivity contribution in [2.75, 3.05) is 24.7 Å². The van der Waals surface area contributed by atoms with Crippen LogP contribution in [0.4, 0.5) is 10.5 Å². The van der Waals surface area contributed by atoms with Gasteiger partial charge in [-0.2, -0.15) is 0 Å². The Kier molecular flexibility index (Phi) is 3.16. The third-order valence-electron chi connectivity index (χ3n) is 3.76. The molecule has 0 bridgehead atoms. The van der Waals surface area contributed by atoms with Crippen molar-refractivity contribution < 1.29 is 14.3 Å². The van der Waals surface area contributed by atoms with Crippen molar-refractivity contribution in [3.63, 3.8) is 0 Å². The molecule has 5 nitrogen and oxygen atoms in total. The van der Waals surface area contributed by atoms with Gasteiger partial charge in [0.25, 0.3) is 0 Å². The highest BCUT2D eigenvalue weighted by molar-refractivity contribution is 5.91. The zero-order valence-electron chi connectivity index (χ0n) is 10.8. The number of rotatable bonds is 2. The summed E-state index contributed by atoms with van der Waals surface area (Å²) in [4.78, 5) is 13.8. The lowest BCUT2D eigenvalue weighted by Crippen LogP contribution is -2.42. The first-order valence-corrected chi connectivity index (χ1v) is 6.60. The molecule has 1 unspecified atom stereocenters. The molecule has 1 amide bonds. The summed E-state index contributed by atoms with van der Waals surface area (Å²) in [6.07, 6.45) is 1.49. The van der Waals surface area contributed by atoms with E-state index in [1.807, 2.05) is 24.3 Å². The Balaban J connectivity index is 1.87. The van der Waals surface area contributed by atoms with Gasteiger partial charge in [0, 0.05) is 13.2 Å². The van der Waals surface area contributed by atoms with Crippen LogP contribution in [0.25, 0.3) is 0 Å². The highest BCUT2D eigenvalue weighted by Crippen LogP contribution is 2.34. The van der Waals surface area contributed by atoms with Crippen LogP contribution in [0.5, 0.6) is 0 Å². The van der Waals surface area contributed by atoms with Crippen LogP contribution in [-0.2, 0) is 16.0 Å². The van der Waals surface area contributed by atoms with Crippen molar-refractivity contribution in [3.8, 4) is 0 Å². The Morgan fingerprint density at radius 1 is 1.37 bits per heavy atom. The number of carbonyl (C=O) groups is 1. The summed E-state index contributed by atoms with van der Waals surface area (Å²) in [6, 6.07) is 7.67. The van der Waals surface area contributed by atoms with E-state index in [0.717, 1.165) is 30.7 Å². The molecule has 1 aromatic carbocycles. The summed E-state index contributed by atoms with van der Waals surface area (Å²) in [7, 11) is 0. The molecule has 19 heavy (non-hydrogen) atoms. The fourth-order valence-electron chi connectivity index (χ4n) is 2.79. The number of hydrogen-bond donors (Lipinski definition) is 1. The lowest BCUT2D eigenvalue weighted by Gasteiger charge is -2.30. The average molecular weight is 262 g/mol. The van der Waals surface area contributed by atoms with Crippen molar-refractivity contribution in [2.24, 2.45) is 5.73 Å². The number of nitrogens with two attached hydrogens (primary N) is 1. The smallest absolute Gasteiger partial charge is 0.415 e. The zero-order chi connectivity index (χ0) is 13.3. The van der Waals surface area contributed by atoms with Gasteiger partial charge in [-0.15, -0.1) is 0 Å². The van der Waals surface area contributed by atoms with E-state index in [1.54, 1.807) is 4.90 Å². The van der Waals surface area contributed by atoms with Gasteiger partial charge in [-0.05, 0) is 24.5 Å². The van der Waals surface area contributed by atoms with Crippen molar-refractivity contribution in [3.05, 3.63) is 29.8 Å². The maximum absolute atomic E-state index is 12.1. The fourth-order valence-corrected chi connectivity index (χ4v) is 2.79. The van der Waals surface area contributed by atoms with E-state index < -0.39 is 5.60 Å². The number of ether oxygens (including phenoxy) is 2. The molecule has 2 fully saturated rings. The summed E-state index contributed by atoms with van der Waals surface area (Å²) in [6.45, 7) is 2.19. The number of anilines is 1. The van der Waals surface area contributed by atoms with Crippen LogP contribution in [0.3, 0.4) is 0 Å². The predicted octanol–water partition coefficient (Wildman–Crippen LogP) is 1.65. The second-order valence-electron chi connectivity index (χ2n) is 5.13. The van der Waals surface area contributed by atoms with Gasteiger partial charge < -0.3 is 15.2 Å². The number of nitrogens with zero attached hydrogens (tertiary/aromatic N) is 1. The Morgan fingerprint density at radius 3 is 2.95 bits per heavy atom. The Hall–Kier alpha value is -1.59. The van der Waals surface area contributed by atoms with Gasteiger partial charge in [0.05, 0.1) is 18.8 Å². The largest absolute Gasteiger partial charge is 0.438 e. The molecule has 2 aliphatic heterocycles. The first-order valence-electron chi connectivity index (χ1n) is 6.60. The second kappa shape index (κ2) is 4.83. The van der Waals surface area contributed by atoms with Crippen molar-refractivity contribution in [1.29, 1.82) is 0 Å². The average Bonchev–Trinajstić information content (AvgIpc) is 2.76. The van der Waals surface area contributed by atoms with Crippen LogP contribution in [0, 0.1) is 0 Å². The lowest BCUT2D eigenvalue weighted by molar-refractivity contribution is -0.0643. The first kappa shape index (κ1) is 12.4. The molecule has 2 saturated heterocycles. The molecule has 0 radical (unpaired) electrons. The predicted molar refractivity (Wildman–Crippen MR) is 70.9 cm³/mol. The molecular weight excluding hydrogens is 244 g/mol. The molecule has 0 aliphatic carbocycles. The van der Waals surface area contributed by atoms with E-state index in [4.69, 9.17) is 15.2 Å². The van der Waals surface area contributed by atoms with Gasteiger partial charge in [0.2, 0.25) is 0 Å². The molecule has 2 aliphatic rings. The summed E-state index contributed by atoms with van der Waals surface area (Å²) in [5, 5.41) is 0. The third kappa shape index (κ3) is 2.19. The summed E-state index contributed by atoms with van der Waals surface area (Å²) in [5.74, 6) is 0. The van der Waals surface area contributed by atoms with Crippen LogP contribution in [-0.4, -0.2) is 31.5 Å². The van der Waals surface area contributed by atoms with Crippen LogP contribution in [0.2, 0.25) is 0 Å². The molecule has 2 N–H and O–H groups in total. The van der Waals surface area contributed by atoms with E-state index in [-0.39, 0.29) is 6.09 Å². The summed E-state index contributed by atoms with van der Waals surface area (Å²) >= 11 is 0. The molecule has 3 rings (SSSR count). The van der Waals surface area contributed by atoms with Gasteiger partial charge in [0.15, 0.2) is 5.60 Å². The molecule has 2 heterocycles. The Labute approximate surface area is 112 Å². The van der Waals surface area contributed by atoms with Crippen LogP contribution < -0.4 is 10.6 Å². The molecule has 0 aromatic heterocycles. The number of carbonyl (C=O) groups excluding carboxylic acids is 1. The number of benzene rings is 1. The minimum absolute atomic E-state index is 0.300. The monoisotopic (exact) mass is 262 g/mol. The van der Waals surface area contributed by atoms with Gasteiger partial charge in [-0.1, -0.05) is 18.2 Å². The topological polar surface area (TPSA) is 64.8 Å². The van der Waals surface area contributed by atoms with Gasteiger partial charge >= 0.3 is 6.09 Å². The van der Waals surface area contributed by atoms with E-state index in [2.05, 4.69) is 0 Å². The van der Waals surface area contributed by atoms with Gasteiger partial charge in [-0.3, -0.25) is 4.90 Å². The highest BCUT2D eigenvalue weighted by Gasteiger charge is 2.47. The summed E-state index contributed by atoms with van der Waals surface area (Å²) in [5.41, 5.74) is 7.05. The normalized spacial score (nSPS) is 26.8. The third-order valence-corrected chi connectivity index (χ3v) is 3.76. The molecule has 1 atom stereocenters. The molecule has 1 aromatic rings. The van der Waals surface area contributed by atoms with Gasteiger partial charge in [-0.25, -0.2) is 4.79 Å². The molecule has 1 spiro atoms. The van der Waals surface area contributed by atoms with E-state index >= 15 is 0 Å². The van der Waals surface area contributed by atoms with Gasteiger partial charge in [0.1, 0.15) is 0 Å². The van der Waals surface area contributed by atoms with Crippen LogP contribution in [0.15, 0.2) is 24.3 Å². The molecule has 0 saturated carbocycles. The van der Waals surface area contributed by atoms with Crippen molar-refractivity contribution in [1.82, 2.24) is 0 Å². The molecular formula is C14H18N2O3. The van der Waals surface area contributed by atoms with Crippen molar-refractivity contribution >= 4 is 11.8 Å². The Bertz CT molecular complexity index is 483. The number of amides is 1. The Morgan fingerprint density at radius 2 is 2.21 bits per heavy atom.